The van der Waals surface area contributed by atoms with E-state index in [9.17, 15) is 0 Å². The van der Waals surface area contributed by atoms with Gasteiger partial charge in [-0.3, -0.25) is 0 Å². The summed E-state index contributed by atoms with van der Waals surface area (Å²) in [5.74, 6) is 1.98. The number of anilines is 1. The number of hydrogen-bond donors (Lipinski definition) is 1. The highest BCUT2D eigenvalue weighted by Gasteiger charge is 2.35. The Morgan fingerprint density at radius 1 is 0.446 bits per heavy atom. The van der Waals surface area contributed by atoms with E-state index in [1.54, 1.807) is 0 Å². The Bertz CT molecular complexity index is 2990. The molecule has 2 aliphatic rings. The van der Waals surface area contributed by atoms with Crippen molar-refractivity contribution in [1.29, 1.82) is 0 Å². The molecule has 4 nitrogen and oxygen atoms in total. The van der Waals surface area contributed by atoms with Gasteiger partial charge in [-0.1, -0.05) is 183 Å². The zero-order valence-corrected chi connectivity index (χ0v) is 31.8. The van der Waals surface area contributed by atoms with Crippen LogP contribution in [-0.4, -0.2) is 15.0 Å². The average Bonchev–Trinajstić information content (AvgIpc) is 3.82. The zero-order chi connectivity index (χ0) is 37.4. The minimum atomic E-state index is -0.120. The van der Waals surface area contributed by atoms with Gasteiger partial charge in [0.1, 0.15) is 5.37 Å². The van der Waals surface area contributed by atoms with Gasteiger partial charge in [-0.2, -0.15) is 0 Å². The van der Waals surface area contributed by atoms with Crippen LogP contribution in [0.3, 0.4) is 0 Å². The number of benzene rings is 8. The van der Waals surface area contributed by atoms with Crippen molar-refractivity contribution in [3.8, 4) is 56.4 Å². The maximum absolute atomic E-state index is 5.13. The SMILES string of the molecule is CC1(C)c2ccccc2-c2ccc(-c3nc(-c4ccccc4)nc(-c4ccc(-c5ccc6c7c(c8ccccc8c6c5)NC(c5ccccc5)S7)cc4)n3)cc21. The first-order valence-electron chi connectivity index (χ1n) is 19.1. The second kappa shape index (κ2) is 12.8. The molecule has 0 bridgehead atoms. The van der Waals surface area contributed by atoms with E-state index in [0.717, 1.165) is 22.3 Å². The number of thioether (sulfide) groups is 1. The summed E-state index contributed by atoms with van der Waals surface area (Å²) in [5, 5.41) is 9.08. The monoisotopic (exact) mass is 736 g/mol. The molecule has 0 spiro atoms. The lowest BCUT2D eigenvalue weighted by molar-refractivity contribution is 0.660. The van der Waals surface area contributed by atoms with Crippen molar-refractivity contribution in [3.05, 3.63) is 187 Å². The molecule has 0 saturated heterocycles. The van der Waals surface area contributed by atoms with Crippen LogP contribution in [0.4, 0.5) is 5.69 Å². The molecule has 56 heavy (non-hydrogen) atoms. The maximum atomic E-state index is 5.13. The predicted octanol–water partition coefficient (Wildman–Crippen LogP) is 13.4. The summed E-state index contributed by atoms with van der Waals surface area (Å²) in [6, 6.07) is 60.6. The minimum absolute atomic E-state index is 0.120. The highest BCUT2D eigenvalue weighted by atomic mass is 32.2. The minimum Gasteiger partial charge on any atom is -0.368 e. The lowest BCUT2D eigenvalue weighted by Gasteiger charge is -2.21. The molecule has 1 unspecified atom stereocenters. The normalized spacial score (nSPS) is 15.0. The van der Waals surface area contributed by atoms with Gasteiger partial charge in [0.25, 0.3) is 0 Å². The summed E-state index contributed by atoms with van der Waals surface area (Å²) in [5.41, 5.74) is 12.8. The van der Waals surface area contributed by atoms with Gasteiger partial charge in [-0.15, -0.1) is 0 Å². The number of aromatic nitrogens is 3. The number of hydrogen-bond acceptors (Lipinski definition) is 5. The van der Waals surface area contributed by atoms with Gasteiger partial charge in [0.2, 0.25) is 0 Å². The molecule has 1 atom stereocenters. The van der Waals surface area contributed by atoms with Crippen LogP contribution in [0, 0.1) is 0 Å². The Labute approximate surface area is 330 Å². The molecule has 8 aromatic carbocycles. The lowest BCUT2D eigenvalue weighted by Crippen LogP contribution is -2.15. The second-order valence-corrected chi connectivity index (χ2v) is 16.4. The van der Waals surface area contributed by atoms with E-state index < -0.39 is 0 Å². The molecule has 0 fully saturated rings. The lowest BCUT2D eigenvalue weighted by atomic mass is 9.82. The van der Waals surface area contributed by atoms with Crippen LogP contribution in [0.2, 0.25) is 0 Å². The Morgan fingerprint density at radius 3 is 1.79 bits per heavy atom. The molecule has 0 radical (unpaired) electrons. The Kier molecular flexibility index (Phi) is 7.48. The molecular formula is C51H36N4S. The van der Waals surface area contributed by atoms with Crippen LogP contribution >= 0.6 is 11.8 Å². The third-order valence-corrected chi connectivity index (χ3v) is 12.9. The van der Waals surface area contributed by atoms with Gasteiger partial charge in [0.05, 0.1) is 5.69 Å². The van der Waals surface area contributed by atoms with Crippen LogP contribution in [0.5, 0.6) is 0 Å². The van der Waals surface area contributed by atoms with E-state index in [-0.39, 0.29) is 10.8 Å². The van der Waals surface area contributed by atoms with Crippen molar-refractivity contribution in [2.45, 2.75) is 29.5 Å². The second-order valence-electron chi connectivity index (χ2n) is 15.2. The predicted molar refractivity (Wildman–Crippen MR) is 233 cm³/mol. The van der Waals surface area contributed by atoms with Crippen molar-refractivity contribution in [1.82, 2.24) is 15.0 Å². The van der Waals surface area contributed by atoms with E-state index in [0.29, 0.717) is 17.5 Å². The van der Waals surface area contributed by atoms with E-state index in [4.69, 9.17) is 15.0 Å². The summed E-state index contributed by atoms with van der Waals surface area (Å²) in [7, 11) is 0. The average molecular weight is 737 g/mol. The van der Waals surface area contributed by atoms with Gasteiger partial charge < -0.3 is 5.32 Å². The largest absolute Gasteiger partial charge is 0.368 e. The van der Waals surface area contributed by atoms with E-state index >= 15 is 0 Å². The van der Waals surface area contributed by atoms with Gasteiger partial charge in [-0.05, 0) is 67.2 Å². The maximum Gasteiger partial charge on any atom is 0.164 e. The van der Waals surface area contributed by atoms with Crippen LogP contribution in [0.1, 0.15) is 35.9 Å². The summed E-state index contributed by atoms with van der Waals surface area (Å²) in [6.45, 7) is 4.61. The topological polar surface area (TPSA) is 50.7 Å². The fraction of sp³-hybridized carbons (Fsp3) is 0.0784. The van der Waals surface area contributed by atoms with E-state index in [2.05, 4.69) is 171 Å². The van der Waals surface area contributed by atoms with Gasteiger partial charge in [-0.25, -0.2) is 15.0 Å². The molecule has 5 heteroatoms. The fourth-order valence-corrected chi connectivity index (χ4v) is 9.96. The van der Waals surface area contributed by atoms with Gasteiger partial charge >= 0.3 is 0 Å². The molecule has 9 aromatic rings. The first-order chi connectivity index (χ1) is 27.5. The van der Waals surface area contributed by atoms with Crippen molar-refractivity contribution in [2.75, 3.05) is 5.32 Å². The number of nitrogens with zero attached hydrogens (tertiary/aromatic N) is 3. The third kappa shape index (κ3) is 5.26. The highest BCUT2D eigenvalue weighted by Crippen LogP contribution is 2.54. The highest BCUT2D eigenvalue weighted by molar-refractivity contribution is 8.00. The van der Waals surface area contributed by atoms with Crippen LogP contribution < -0.4 is 5.32 Å². The molecule has 1 aliphatic heterocycles. The Balaban J connectivity index is 0.978. The molecule has 1 N–H and O–H groups in total. The summed E-state index contributed by atoms with van der Waals surface area (Å²) in [6.07, 6.45) is 0. The summed E-state index contributed by atoms with van der Waals surface area (Å²) < 4.78 is 0. The number of fused-ring (bicyclic) bond motifs is 9. The van der Waals surface area contributed by atoms with Crippen LogP contribution in [0.25, 0.3) is 78.0 Å². The van der Waals surface area contributed by atoms with E-state index in [1.165, 1.54) is 65.5 Å². The molecule has 1 aromatic heterocycles. The molecule has 266 valence electrons. The summed E-state index contributed by atoms with van der Waals surface area (Å²) in [4.78, 5) is 16.5. The van der Waals surface area contributed by atoms with Crippen molar-refractivity contribution < 1.29 is 0 Å². The first kappa shape index (κ1) is 32.8. The van der Waals surface area contributed by atoms with Crippen molar-refractivity contribution in [2.24, 2.45) is 0 Å². The Morgan fingerprint density at radius 2 is 1.02 bits per heavy atom. The van der Waals surface area contributed by atoms with Gasteiger partial charge in [0.15, 0.2) is 17.5 Å². The zero-order valence-electron chi connectivity index (χ0n) is 31.0. The fourth-order valence-electron chi connectivity index (χ4n) is 8.67. The van der Waals surface area contributed by atoms with Crippen molar-refractivity contribution in [3.63, 3.8) is 0 Å². The molecule has 2 heterocycles. The first-order valence-corrected chi connectivity index (χ1v) is 20.0. The smallest absolute Gasteiger partial charge is 0.164 e. The van der Waals surface area contributed by atoms with E-state index in [1.807, 2.05) is 30.0 Å². The summed E-state index contributed by atoms with van der Waals surface area (Å²) >= 11 is 1.91. The molecule has 11 rings (SSSR count). The molecule has 1 aliphatic carbocycles. The van der Waals surface area contributed by atoms with Crippen molar-refractivity contribution >= 4 is 39.0 Å². The standard InChI is InChI=1S/C51H36N4S/c1-51(2)43-20-12-11-18-38(43)39-27-26-36(30-44(39)51)49-54-47(32-13-5-3-6-14-32)53-48(55-49)33-23-21-31(22-24-33)35-25-28-41-42(29-35)37-17-9-10-19-40(37)45-46(41)56-50(52-45)34-15-7-4-8-16-34/h3-30,50,52H,1-2H3. The van der Waals surface area contributed by atoms with Crippen LogP contribution in [-0.2, 0) is 5.41 Å². The van der Waals surface area contributed by atoms with Crippen LogP contribution in [0.15, 0.2) is 175 Å². The number of nitrogens with one attached hydrogen (secondary N) is 1. The molecule has 0 saturated carbocycles. The number of rotatable bonds is 5. The molecular weight excluding hydrogens is 701 g/mol. The quantitative estimate of drug-likeness (QED) is 0.178. The van der Waals surface area contributed by atoms with Gasteiger partial charge in [0, 0.05) is 32.4 Å². The Hall–Kier alpha value is -6.56. The molecule has 0 amide bonds. The third-order valence-electron chi connectivity index (χ3n) is 11.6.